The second kappa shape index (κ2) is 6.26. The van der Waals surface area contributed by atoms with Crippen LogP contribution in [0.25, 0.3) is 0 Å². The van der Waals surface area contributed by atoms with Gasteiger partial charge in [-0.3, -0.25) is 9.35 Å². The Labute approximate surface area is 126 Å². The molecular weight excluding hydrogens is 414 g/mol. The highest BCUT2D eigenvalue weighted by Gasteiger charge is 2.43. The summed E-state index contributed by atoms with van der Waals surface area (Å²) in [6, 6.07) is 3.07. The Morgan fingerprint density at radius 1 is 1.40 bits per heavy atom. The minimum absolute atomic E-state index is 0.0403. The molecule has 1 unspecified atom stereocenters. The van der Waals surface area contributed by atoms with E-state index in [9.17, 15) is 26.4 Å². The Bertz CT molecular complexity index is 603. The third-order valence-electron chi connectivity index (χ3n) is 2.16. The van der Waals surface area contributed by atoms with Gasteiger partial charge >= 0.3 is 6.18 Å². The number of hydrogen-bond donors (Lipinski definition) is 2. The molecule has 10 heteroatoms. The molecule has 1 atom stereocenters. The van der Waals surface area contributed by atoms with Gasteiger partial charge < -0.3 is 5.32 Å². The fraction of sp³-hybridized carbons (Fsp3) is 0.300. The van der Waals surface area contributed by atoms with E-state index in [1.807, 2.05) is 22.6 Å². The summed E-state index contributed by atoms with van der Waals surface area (Å²) >= 11 is 1.87. The summed E-state index contributed by atoms with van der Waals surface area (Å²) in [7, 11) is -4.88. The average molecular weight is 423 g/mol. The zero-order valence-electron chi connectivity index (χ0n) is 9.69. The van der Waals surface area contributed by atoms with E-state index in [2.05, 4.69) is 0 Å². The quantitative estimate of drug-likeness (QED) is 0.572. The molecule has 2 N–H and O–H groups in total. The summed E-state index contributed by atoms with van der Waals surface area (Å²) in [5, 5.41) is 1.55. The molecule has 0 aliphatic heterocycles. The first-order valence-corrected chi connectivity index (χ1v) is 7.76. The lowest BCUT2D eigenvalue weighted by atomic mass is 10.2. The maximum atomic E-state index is 12.6. The number of halogens is 4. The number of benzene rings is 1. The standard InChI is InChI=1S/C10H9F3INO4S/c11-10(12,13)8(5-20(17,18)19)15-9(16)6-2-1-3-7(14)4-6/h1-4,8H,5H2,(H,15,16)(H,17,18,19). The number of rotatable bonds is 4. The van der Waals surface area contributed by atoms with Crippen LogP contribution in [0.5, 0.6) is 0 Å². The van der Waals surface area contributed by atoms with Crippen LogP contribution in [-0.4, -0.2) is 36.8 Å². The van der Waals surface area contributed by atoms with E-state index in [1.54, 1.807) is 11.4 Å². The number of amides is 1. The van der Waals surface area contributed by atoms with Gasteiger partial charge in [0.05, 0.1) is 0 Å². The lowest BCUT2D eigenvalue weighted by Crippen LogP contribution is -2.49. The van der Waals surface area contributed by atoms with Gasteiger partial charge in [-0.2, -0.15) is 21.6 Å². The number of nitrogens with one attached hydrogen (secondary N) is 1. The topological polar surface area (TPSA) is 83.5 Å². The first kappa shape index (κ1) is 17.2. The highest BCUT2D eigenvalue weighted by molar-refractivity contribution is 14.1. The lowest BCUT2D eigenvalue weighted by molar-refractivity contribution is -0.148. The third kappa shape index (κ3) is 5.63. The number of hydrogen-bond acceptors (Lipinski definition) is 3. The van der Waals surface area contributed by atoms with Crippen molar-refractivity contribution in [1.82, 2.24) is 5.32 Å². The van der Waals surface area contributed by atoms with Crippen molar-refractivity contribution < 1.29 is 30.9 Å². The molecule has 0 aliphatic rings. The zero-order chi connectivity index (χ0) is 15.6. The second-order valence-corrected chi connectivity index (χ2v) is 6.57. The van der Waals surface area contributed by atoms with Gasteiger partial charge in [0.1, 0.15) is 11.8 Å². The van der Waals surface area contributed by atoms with E-state index in [0.717, 1.165) is 0 Å². The van der Waals surface area contributed by atoms with Gasteiger partial charge in [0, 0.05) is 9.13 Å². The molecule has 1 aromatic carbocycles. The molecule has 1 rings (SSSR count). The van der Waals surface area contributed by atoms with Crippen LogP contribution in [0.2, 0.25) is 0 Å². The van der Waals surface area contributed by atoms with Gasteiger partial charge in [-0.05, 0) is 40.8 Å². The van der Waals surface area contributed by atoms with Crippen molar-refractivity contribution in [1.29, 1.82) is 0 Å². The molecule has 0 fully saturated rings. The van der Waals surface area contributed by atoms with E-state index in [0.29, 0.717) is 3.57 Å². The Morgan fingerprint density at radius 2 is 2.00 bits per heavy atom. The molecule has 0 aliphatic carbocycles. The van der Waals surface area contributed by atoms with Gasteiger partial charge in [-0.25, -0.2) is 0 Å². The molecule has 0 radical (unpaired) electrons. The van der Waals surface area contributed by atoms with Crippen LogP contribution in [0.15, 0.2) is 24.3 Å². The summed E-state index contributed by atoms with van der Waals surface area (Å²) in [6.07, 6.45) is -4.99. The van der Waals surface area contributed by atoms with Crippen molar-refractivity contribution in [2.45, 2.75) is 12.2 Å². The number of alkyl halides is 3. The van der Waals surface area contributed by atoms with Gasteiger partial charge in [-0.1, -0.05) is 6.07 Å². The SMILES string of the molecule is O=C(NC(CS(=O)(=O)O)C(F)(F)F)c1cccc(I)c1. The number of carbonyl (C=O) groups is 1. The van der Waals surface area contributed by atoms with E-state index in [4.69, 9.17) is 4.55 Å². The summed E-state index contributed by atoms with van der Waals surface area (Å²) in [4.78, 5) is 11.6. The maximum Gasteiger partial charge on any atom is 0.409 e. The van der Waals surface area contributed by atoms with Gasteiger partial charge in [0.15, 0.2) is 0 Å². The van der Waals surface area contributed by atoms with Crippen LogP contribution in [-0.2, 0) is 10.1 Å². The summed E-state index contributed by atoms with van der Waals surface area (Å²) in [5.41, 5.74) is -0.0403. The predicted octanol–water partition coefficient (Wildman–Crippen LogP) is 1.84. The average Bonchev–Trinajstić information content (AvgIpc) is 2.25. The Balaban J connectivity index is 2.93. The van der Waals surface area contributed by atoms with Crippen LogP contribution in [0.3, 0.4) is 0 Å². The fourth-order valence-electron chi connectivity index (χ4n) is 1.30. The predicted molar refractivity (Wildman–Crippen MR) is 72.9 cm³/mol. The molecule has 1 amide bonds. The Morgan fingerprint density at radius 3 is 2.45 bits per heavy atom. The van der Waals surface area contributed by atoms with Gasteiger partial charge in [0.25, 0.3) is 16.0 Å². The zero-order valence-corrected chi connectivity index (χ0v) is 12.7. The highest BCUT2D eigenvalue weighted by Crippen LogP contribution is 2.22. The van der Waals surface area contributed by atoms with Gasteiger partial charge in [-0.15, -0.1) is 0 Å². The fourth-order valence-corrected chi connectivity index (χ4v) is 2.54. The smallest absolute Gasteiger partial charge is 0.339 e. The minimum Gasteiger partial charge on any atom is -0.339 e. The maximum absolute atomic E-state index is 12.6. The molecule has 0 spiro atoms. The monoisotopic (exact) mass is 423 g/mol. The van der Waals surface area contributed by atoms with Crippen molar-refractivity contribution in [2.75, 3.05) is 5.75 Å². The molecule has 0 heterocycles. The Hall–Kier alpha value is -0.880. The van der Waals surface area contributed by atoms with E-state index in [-0.39, 0.29) is 5.56 Å². The van der Waals surface area contributed by atoms with Crippen molar-refractivity contribution in [3.05, 3.63) is 33.4 Å². The van der Waals surface area contributed by atoms with Crippen molar-refractivity contribution in [3.63, 3.8) is 0 Å². The van der Waals surface area contributed by atoms with Crippen LogP contribution in [0.1, 0.15) is 10.4 Å². The van der Waals surface area contributed by atoms with E-state index in [1.165, 1.54) is 18.2 Å². The summed E-state index contributed by atoms with van der Waals surface area (Å²) in [5.74, 6) is -2.71. The highest BCUT2D eigenvalue weighted by atomic mass is 127. The molecule has 0 saturated carbocycles. The Kier molecular flexibility index (Phi) is 5.38. The third-order valence-corrected chi connectivity index (χ3v) is 3.59. The van der Waals surface area contributed by atoms with Crippen LogP contribution in [0.4, 0.5) is 13.2 Å². The molecule has 0 saturated heterocycles. The van der Waals surface area contributed by atoms with Crippen LogP contribution < -0.4 is 5.32 Å². The number of carbonyl (C=O) groups excluding carboxylic acids is 1. The molecule has 5 nitrogen and oxygen atoms in total. The van der Waals surface area contributed by atoms with E-state index < -0.39 is 34.0 Å². The minimum atomic E-state index is -4.99. The molecule has 1 aromatic rings. The van der Waals surface area contributed by atoms with Crippen molar-refractivity contribution >= 4 is 38.6 Å². The molecule has 112 valence electrons. The van der Waals surface area contributed by atoms with Crippen LogP contribution >= 0.6 is 22.6 Å². The first-order valence-electron chi connectivity index (χ1n) is 5.07. The summed E-state index contributed by atoms with van der Waals surface area (Å²) in [6.45, 7) is 0. The van der Waals surface area contributed by atoms with Crippen molar-refractivity contribution in [2.24, 2.45) is 0 Å². The molecule has 0 bridgehead atoms. The largest absolute Gasteiger partial charge is 0.409 e. The van der Waals surface area contributed by atoms with Crippen molar-refractivity contribution in [3.8, 4) is 0 Å². The van der Waals surface area contributed by atoms with Gasteiger partial charge in [0.2, 0.25) is 0 Å². The van der Waals surface area contributed by atoms with E-state index >= 15 is 0 Å². The normalized spacial score (nSPS) is 13.8. The lowest BCUT2D eigenvalue weighted by Gasteiger charge is -2.20. The second-order valence-electron chi connectivity index (χ2n) is 3.83. The van der Waals surface area contributed by atoms with Crippen LogP contribution in [0, 0.1) is 3.57 Å². The summed E-state index contributed by atoms with van der Waals surface area (Å²) < 4.78 is 68.1. The molecule has 20 heavy (non-hydrogen) atoms. The molecule has 0 aromatic heterocycles. The first-order chi connectivity index (χ1) is 8.99. The molecular formula is C10H9F3INO4S.